The van der Waals surface area contributed by atoms with E-state index in [0.717, 1.165) is 0 Å². The smallest absolute Gasteiger partial charge is 0.0856 e. The van der Waals surface area contributed by atoms with Crippen molar-refractivity contribution in [2.24, 2.45) is 0 Å². The molecule has 0 bridgehead atoms. The van der Waals surface area contributed by atoms with E-state index in [4.69, 9.17) is 0 Å². The summed E-state index contributed by atoms with van der Waals surface area (Å²) in [4.78, 5) is 0. The first-order valence-electron chi connectivity index (χ1n) is 4.90. The summed E-state index contributed by atoms with van der Waals surface area (Å²) < 4.78 is 0. The van der Waals surface area contributed by atoms with Gasteiger partial charge in [0.2, 0.25) is 0 Å². The lowest BCUT2D eigenvalue weighted by atomic mass is 9.79. The van der Waals surface area contributed by atoms with E-state index in [1.807, 2.05) is 0 Å². The Labute approximate surface area is 82.8 Å². The van der Waals surface area contributed by atoms with Crippen molar-refractivity contribution in [2.75, 3.05) is 0 Å². The molecule has 70 valence electrons. The SMILES string of the molecule is Bc1cc(C(C)(C)C)cc(C)c1C. The van der Waals surface area contributed by atoms with Crippen LogP contribution in [0, 0.1) is 13.8 Å². The molecule has 0 saturated carbocycles. The first-order chi connectivity index (χ1) is 5.82. The molecule has 0 aliphatic rings. The second-order valence-electron chi connectivity index (χ2n) is 4.99. The van der Waals surface area contributed by atoms with Crippen molar-refractivity contribution in [1.29, 1.82) is 0 Å². The maximum absolute atomic E-state index is 2.31. The third-order valence-corrected chi connectivity index (χ3v) is 2.79. The fraction of sp³-hybridized carbons (Fsp3) is 0.500. The Kier molecular flexibility index (Phi) is 2.56. The van der Waals surface area contributed by atoms with Gasteiger partial charge >= 0.3 is 0 Å². The van der Waals surface area contributed by atoms with Crippen LogP contribution in [0.3, 0.4) is 0 Å². The van der Waals surface area contributed by atoms with Crippen LogP contribution in [0.1, 0.15) is 37.5 Å². The minimum Gasteiger partial charge on any atom is -0.0856 e. The van der Waals surface area contributed by atoms with E-state index < -0.39 is 0 Å². The minimum absolute atomic E-state index is 0.267. The molecule has 13 heavy (non-hydrogen) atoms. The summed E-state index contributed by atoms with van der Waals surface area (Å²) in [6.45, 7) is 11.2. The molecule has 0 radical (unpaired) electrons. The number of benzene rings is 1. The van der Waals surface area contributed by atoms with Crippen LogP contribution < -0.4 is 5.46 Å². The van der Waals surface area contributed by atoms with Crippen molar-refractivity contribution in [3.8, 4) is 0 Å². The maximum atomic E-state index is 2.31. The zero-order chi connectivity index (χ0) is 10.2. The molecule has 0 nitrogen and oxygen atoms in total. The van der Waals surface area contributed by atoms with E-state index in [0.29, 0.717) is 0 Å². The highest BCUT2D eigenvalue weighted by molar-refractivity contribution is 6.33. The highest BCUT2D eigenvalue weighted by Gasteiger charge is 2.14. The van der Waals surface area contributed by atoms with E-state index in [1.54, 1.807) is 0 Å². The Morgan fingerprint density at radius 3 is 2.00 bits per heavy atom. The van der Waals surface area contributed by atoms with Crippen LogP contribution in [0.5, 0.6) is 0 Å². The lowest BCUT2D eigenvalue weighted by Gasteiger charge is -2.21. The summed E-state index contributed by atoms with van der Waals surface area (Å²) in [5, 5.41) is 0. The molecule has 0 fully saturated rings. The molecule has 0 aliphatic carbocycles. The predicted molar refractivity (Wildman–Crippen MR) is 62.8 cm³/mol. The molecule has 0 spiro atoms. The first-order valence-corrected chi connectivity index (χ1v) is 4.90. The molecular formula is C12H19B. The molecule has 0 aliphatic heterocycles. The van der Waals surface area contributed by atoms with Crippen molar-refractivity contribution in [2.45, 2.75) is 40.0 Å². The van der Waals surface area contributed by atoms with Crippen LogP contribution in [-0.4, -0.2) is 7.85 Å². The van der Waals surface area contributed by atoms with Gasteiger partial charge in [0.15, 0.2) is 0 Å². The first kappa shape index (κ1) is 10.4. The van der Waals surface area contributed by atoms with Gasteiger partial charge in [0.25, 0.3) is 0 Å². The Morgan fingerprint density at radius 2 is 1.62 bits per heavy atom. The number of hydrogen-bond acceptors (Lipinski definition) is 0. The lowest BCUT2D eigenvalue weighted by Crippen LogP contribution is -2.18. The van der Waals surface area contributed by atoms with Gasteiger partial charge in [0, 0.05) is 0 Å². The van der Waals surface area contributed by atoms with Crippen molar-refractivity contribution in [1.82, 2.24) is 0 Å². The third kappa shape index (κ3) is 2.15. The fourth-order valence-corrected chi connectivity index (χ4v) is 1.47. The van der Waals surface area contributed by atoms with Crippen molar-refractivity contribution < 1.29 is 0 Å². The van der Waals surface area contributed by atoms with Crippen molar-refractivity contribution >= 4 is 13.3 Å². The van der Waals surface area contributed by atoms with Gasteiger partial charge in [-0.3, -0.25) is 0 Å². The lowest BCUT2D eigenvalue weighted by molar-refractivity contribution is 0.590. The largest absolute Gasteiger partial charge is 0.139 e. The summed E-state index contributed by atoms with van der Waals surface area (Å²) in [6.07, 6.45) is 0. The Bertz CT molecular complexity index is 295. The van der Waals surface area contributed by atoms with E-state index in [1.165, 1.54) is 22.2 Å². The van der Waals surface area contributed by atoms with Crippen LogP contribution in [0.2, 0.25) is 0 Å². The maximum Gasteiger partial charge on any atom is 0.139 e. The topological polar surface area (TPSA) is 0 Å². The van der Waals surface area contributed by atoms with Gasteiger partial charge in [-0.25, -0.2) is 0 Å². The van der Waals surface area contributed by atoms with Gasteiger partial charge < -0.3 is 0 Å². The minimum atomic E-state index is 0.267. The molecule has 1 heteroatoms. The van der Waals surface area contributed by atoms with Gasteiger partial charge in [-0.15, -0.1) is 0 Å². The molecule has 0 unspecified atom stereocenters. The van der Waals surface area contributed by atoms with E-state index in [2.05, 4.69) is 54.6 Å². The summed E-state index contributed by atoms with van der Waals surface area (Å²) in [6, 6.07) is 4.62. The van der Waals surface area contributed by atoms with E-state index in [9.17, 15) is 0 Å². The number of hydrogen-bond donors (Lipinski definition) is 0. The standard InChI is InChI=1S/C12H19B/c1-8-6-10(12(3,4)5)7-11(13)9(8)2/h6-7H,13H2,1-5H3. The monoisotopic (exact) mass is 174 g/mol. The Hall–Kier alpha value is -0.715. The van der Waals surface area contributed by atoms with Crippen LogP contribution in [0.25, 0.3) is 0 Å². The summed E-state index contributed by atoms with van der Waals surface area (Å²) in [5.41, 5.74) is 5.94. The molecule has 0 amide bonds. The van der Waals surface area contributed by atoms with E-state index in [-0.39, 0.29) is 5.41 Å². The molecule has 0 heterocycles. The molecule has 0 saturated heterocycles. The van der Waals surface area contributed by atoms with Gasteiger partial charge in [-0.05, 0) is 30.4 Å². The molecule has 0 atom stereocenters. The Morgan fingerprint density at radius 1 is 1.08 bits per heavy atom. The van der Waals surface area contributed by atoms with Crippen LogP contribution in [0.4, 0.5) is 0 Å². The second-order valence-corrected chi connectivity index (χ2v) is 4.99. The molecule has 0 aromatic heterocycles. The van der Waals surface area contributed by atoms with Gasteiger partial charge in [0.05, 0.1) is 0 Å². The van der Waals surface area contributed by atoms with Crippen molar-refractivity contribution in [3.63, 3.8) is 0 Å². The van der Waals surface area contributed by atoms with E-state index >= 15 is 0 Å². The number of rotatable bonds is 0. The Balaban J connectivity index is 3.29. The van der Waals surface area contributed by atoms with Crippen LogP contribution in [0.15, 0.2) is 12.1 Å². The zero-order valence-corrected chi connectivity index (χ0v) is 9.65. The highest BCUT2D eigenvalue weighted by Crippen LogP contribution is 2.22. The molecule has 1 aromatic carbocycles. The summed E-state index contributed by atoms with van der Waals surface area (Å²) in [7, 11) is 2.19. The predicted octanol–water partition coefficient (Wildman–Crippen LogP) is 1.86. The fourth-order valence-electron chi connectivity index (χ4n) is 1.47. The summed E-state index contributed by atoms with van der Waals surface area (Å²) in [5.74, 6) is 0. The number of aryl methyl sites for hydroxylation is 1. The molecular weight excluding hydrogens is 155 g/mol. The highest BCUT2D eigenvalue weighted by atomic mass is 14.2. The van der Waals surface area contributed by atoms with Crippen LogP contribution >= 0.6 is 0 Å². The second kappa shape index (κ2) is 3.21. The summed E-state index contributed by atoms with van der Waals surface area (Å²) >= 11 is 0. The zero-order valence-electron chi connectivity index (χ0n) is 9.65. The van der Waals surface area contributed by atoms with Crippen molar-refractivity contribution in [3.05, 3.63) is 28.8 Å². The quantitative estimate of drug-likeness (QED) is 0.526. The van der Waals surface area contributed by atoms with Crippen LogP contribution in [-0.2, 0) is 5.41 Å². The van der Waals surface area contributed by atoms with Gasteiger partial charge in [-0.2, -0.15) is 0 Å². The van der Waals surface area contributed by atoms with Gasteiger partial charge in [-0.1, -0.05) is 43.9 Å². The average molecular weight is 174 g/mol. The average Bonchev–Trinajstić information content (AvgIpc) is 1.97. The van der Waals surface area contributed by atoms with Gasteiger partial charge in [0.1, 0.15) is 7.85 Å². The molecule has 1 rings (SSSR count). The third-order valence-electron chi connectivity index (χ3n) is 2.79. The molecule has 1 aromatic rings. The normalized spacial score (nSPS) is 11.8. The molecule has 0 N–H and O–H groups in total.